The molecule has 3 aliphatic carbocycles. The molecule has 1 aromatic rings. The molecule has 30 heavy (non-hydrogen) atoms. The van der Waals surface area contributed by atoms with E-state index in [9.17, 15) is 22.8 Å². The molecule has 1 aromatic heterocycles. The van der Waals surface area contributed by atoms with E-state index in [4.69, 9.17) is 5.73 Å². The van der Waals surface area contributed by atoms with E-state index in [1.165, 1.54) is 11.1 Å². The molecular weight excluding hydrogens is 397 g/mol. The fourth-order valence-corrected chi connectivity index (χ4v) is 5.56. The second-order valence-corrected chi connectivity index (χ2v) is 8.98. The summed E-state index contributed by atoms with van der Waals surface area (Å²) >= 11 is 0. The van der Waals surface area contributed by atoms with E-state index in [1.54, 1.807) is 13.0 Å². The molecule has 164 valence electrons. The number of likely N-dealkylation sites (tertiary alicyclic amines) is 1. The van der Waals surface area contributed by atoms with Crippen LogP contribution in [0.25, 0.3) is 0 Å². The Balaban J connectivity index is 1.48. The average molecular weight is 424 g/mol. The smallest absolute Gasteiger partial charge is 0.383 e. The molecular formula is C21H27F3N4O2. The molecule has 9 heteroatoms. The van der Waals surface area contributed by atoms with E-state index in [0.717, 1.165) is 12.8 Å². The van der Waals surface area contributed by atoms with Gasteiger partial charge in [0.25, 0.3) is 0 Å². The molecule has 3 atom stereocenters. The van der Waals surface area contributed by atoms with E-state index in [2.05, 4.69) is 10.3 Å². The third-order valence-electron chi connectivity index (χ3n) is 7.21. The van der Waals surface area contributed by atoms with Gasteiger partial charge < -0.3 is 16.0 Å². The fraction of sp³-hybridized carbons (Fsp3) is 0.667. The highest BCUT2D eigenvalue weighted by atomic mass is 19.4. The van der Waals surface area contributed by atoms with E-state index in [-0.39, 0.29) is 30.2 Å². The van der Waals surface area contributed by atoms with Gasteiger partial charge in [0.15, 0.2) is 0 Å². The molecule has 2 heterocycles. The van der Waals surface area contributed by atoms with Gasteiger partial charge in [0.1, 0.15) is 5.82 Å². The van der Waals surface area contributed by atoms with Gasteiger partial charge in [-0.1, -0.05) is 0 Å². The van der Waals surface area contributed by atoms with Crippen LogP contribution in [-0.2, 0) is 9.59 Å². The van der Waals surface area contributed by atoms with Crippen LogP contribution >= 0.6 is 0 Å². The van der Waals surface area contributed by atoms with E-state index < -0.39 is 23.9 Å². The number of piperidine rings is 1. The molecule has 1 aliphatic heterocycles. The maximum Gasteiger partial charge on any atom is 0.392 e. The van der Waals surface area contributed by atoms with Crippen LogP contribution in [-0.4, -0.2) is 40.5 Å². The van der Waals surface area contributed by atoms with Crippen LogP contribution in [0.3, 0.4) is 0 Å². The van der Waals surface area contributed by atoms with Gasteiger partial charge in [-0.3, -0.25) is 9.59 Å². The molecule has 1 unspecified atom stereocenters. The monoisotopic (exact) mass is 424 g/mol. The summed E-state index contributed by atoms with van der Waals surface area (Å²) in [6.07, 6.45) is 0.668. The first kappa shape index (κ1) is 20.9. The van der Waals surface area contributed by atoms with E-state index in [1.807, 2.05) is 0 Å². The van der Waals surface area contributed by atoms with Crippen molar-refractivity contribution < 1.29 is 22.8 Å². The van der Waals surface area contributed by atoms with Gasteiger partial charge in [-0.15, -0.1) is 0 Å². The Morgan fingerprint density at radius 2 is 1.93 bits per heavy atom. The number of nitrogens with zero attached hydrogens (tertiary/aromatic N) is 2. The number of aryl methyl sites for hydroxylation is 1. The summed E-state index contributed by atoms with van der Waals surface area (Å²) in [5, 5.41) is 2.56. The number of hydrogen-bond acceptors (Lipinski definition) is 4. The second-order valence-electron chi connectivity index (χ2n) is 8.98. The number of aromatic nitrogens is 1. The van der Waals surface area contributed by atoms with Gasteiger partial charge in [0.2, 0.25) is 0 Å². The summed E-state index contributed by atoms with van der Waals surface area (Å²) < 4.78 is 40.5. The summed E-state index contributed by atoms with van der Waals surface area (Å²) in [6.45, 7) is 2.14. The van der Waals surface area contributed by atoms with Crippen LogP contribution < -0.4 is 11.1 Å². The number of carbonyl (C=O) groups excluding carboxylic acids is 2. The highest BCUT2D eigenvalue weighted by molar-refractivity contribution is 6.39. The minimum Gasteiger partial charge on any atom is -0.383 e. The first-order valence-electron chi connectivity index (χ1n) is 10.6. The van der Waals surface area contributed by atoms with Crippen molar-refractivity contribution in [2.45, 2.75) is 57.7 Å². The van der Waals surface area contributed by atoms with Gasteiger partial charge in [0.05, 0.1) is 17.8 Å². The Hall–Kier alpha value is -2.32. The van der Waals surface area contributed by atoms with Crippen molar-refractivity contribution in [3.8, 4) is 0 Å². The van der Waals surface area contributed by atoms with Crippen LogP contribution in [0.2, 0.25) is 0 Å². The molecule has 3 saturated carbocycles. The third-order valence-corrected chi connectivity index (χ3v) is 7.21. The summed E-state index contributed by atoms with van der Waals surface area (Å²) in [4.78, 5) is 31.1. The SMILES string of the molecule is Cc1cc(NC(=O)C(=O)N2CCCCC2[C@@H]2C[C@H](C(F)(F)F)C3CC2C3)cnc1N. The number of nitrogens with one attached hydrogen (secondary N) is 1. The van der Waals surface area contributed by atoms with Crippen LogP contribution in [0.1, 0.15) is 44.1 Å². The molecule has 3 N–H and O–H groups in total. The first-order valence-corrected chi connectivity index (χ1v) is 10.6. The number of rotatable bonds is 2. The summed E-state index contributed by atoms with van der Waals surface area (Å²) in [5.41, 5.74) is 6.72. The Morgan fingerprint density at radius 1 is 1.20 bits per heavy atom. The summed E-state index contributed by atoms with van der Waals surface area (Å²) in [5.74, 6) is -2.67. The zero-order valence-corrected chi connectivity index (χ0v) is 16.9. The highest BCUT2D eigenvalue weighted by Gasteiger charge is 2.57. The average Bonchev–Trinajstić information content (AvgIpc) is 2.68. The maximum atomic E-state index is 13.5. The van der Waals surface area contributed by atoms with Crippen molar-refractivity contribution in [3.05, 3.63) is 17.8 Å². The highest BCUT2D eigenvalue weighted by Crippen LogP contribution is 2.58. The number of nitrogens with two attached hydrogens (primary N) is 1. The van der Waals surface area contributed by atoms with Crippen LogP contribution in [0.5, 0.6) is 0 Å². The Bertz CT molecular complexity index is 838. The lowest BCUT2D eigenvalue weighted by molar-refractivity contribution is -0.230. The number of pyridine rings is 1. The lowest BCUT2D eigenvalue weighted by atomic mass is 9.53. The number of carbonyl (C=O) groups is 2. The molecule has 4 aliphatic rings. The molecule has 2 amide bonds. The minimum absolute atomic E-state index is 0.0655. The van der Waals surface area contributed by atoms with Gasteiger partial charge in [-0.2, -0.15) is 13.2 Å². The number of hydrogen-bond donors (Lipinski definition) is 2. The molecule has 1 saturated heterocycles. The van der Waals surface area contributed by atoms with Crippen molar-refractivity contribution in [3.63, 3.8) is 0 Å². The standard InChI is InChI=1S/C21H27F3N4O2/c1-11-6-14(10-26-18(11)25)27-19(29)20(30)28-5-3-2-4-17(28)15-9-16(21(22,23)24)13-7-12(15)8-13/h6,10,12-13,15-17H,2-5,7-9H2,1H3,(H2,25,26)(H,27,29)/t12?,13?,15-,16+,17?/m1/s1. The number of amides is 2. The van der Waals surface area contributed by atoms with Crippen molar-refractivity contribution in [2.24, 2.45) is 23.7 Å². The number of halogens is 3. The van der Waals surface area contributed by atoms with E-state index in [0.29, 0.717) is 42.9 Å². The summed E-state index contributed by atoms with van der Waals surface area (Å²) in [6, 6.07) is 1.32. The molecule has 6 nitrogen and oxygen atoms in total. The topological polar surface area (TPSA) is 88.3 Å². The zero-order chi connectivity index (χ0) is 21.6. The van der Waals surface area contributed by atoms with Crippen molar-refractivity contribution in [1.29, 1.82) is 0 Å². The predicted octanol–water partition coefficient (Wildman–Crippen LogP) is 3.52. The molecule has 0 aromatic carbocycles. The maximum absolute atomic E-state index is 13.5. The van der Waals surface area contributed by atoms with Crippen molar-refractivity contribution in [1.82, 2.24) is 9.88 Å². The third kappa shape index (κ3) is 3.86. The number of nitrogen functional groups attached to an aromatic ring is 1. The Labute approximate surface area is 173 Å². The first-order chi connectivity index (χ1) is 14.1. The Kier molecular flexibility index (Phi) is 5.40. The Morgan fingerprint density at radius 3 is 2.60 bits per heavy atom. The lowest BCUT2D eigenvalue weighted by Crippen LogP contribution is -2.58. The lowest BCUT2D eigenvalue weighted by Gasteiger charge is -2.56. The van der Waals surface area contributed by atoms with Gasteiger partial charge in [-0.25, -0.2) is 4.98 Å². The number of fused-ring (bicyclic) bond motifs is 2. The van der Waals surface area contributed by atoms with Crippen molar-refractivity contribution in [2.75, 3.05) is 17.6 Å². The van der Waals surface area contributed by atoms with Crippen LogP contribution in [0.4, 0.5) is 24.7 Å². The second kappa shape index (κ2) is 7.74. The van der Waals surface area contributed by atoms with Gasteiger partial charge in [0, 0.05) is 12.6 Å². The zero-order valence-electron chi connectivity index (χ0n) is 16.9. The molecule has 0 radical (unpaired) electrons. The van der Waals surface area contributed by atoms with Gasteiger partial charge >= 0.3 is 18.0 Å². The minimum atomic E-state index is -4.20. The number of alkyl halides is 3. The van der Waals surface area contributed by atoms with Crippen molar-refractivity contribution >= 4 is 23.3 Å². The quantitative estimate of drug-likeness (QED) is 0.711. The molecule has 0 spiro atoms. The molecule has 5 rings (SSSR count). The predicted molar refractivity (Wildman–Crippen MR) is 105 cm³/mol. The van der Waals surface area contributed by atoms with Crippen LogP contribution in [0, 0.1) is 30.6 Å². The molecule has 2 bridgehead atoms. The van der Waals surface area contributed by atoms with E-state index >= 15 is 0 Å². The largest absolute Gasteiger partial charge is 0.392 e. The fourth-order valence-electron chi connectivity index (χ4n) is 5.56. The number of anilines is 2. The summed E-state index contributed by atoms with van der Waals surface area (Å²) in [7, 11) is 0. The van der Waals surface area contributed by atoms with Crippen LogP contribution in [0.15, 0.2) is 12.3 Å². The normalized spacial score (nSPS) is 31.1. The molecule has 4 fully saturated rings. The van der Waals surface area contributed by atoms with Gasteiger partial charge in [-0.05, 0) is 74.8 Å².